The number of aryl methyl sites for hydroxylation is 1. The Labute approximate surface area is 112 Å². The zero-order chi connectivity index (χ0) is 13.7. The minimum absolute atomic E-state index is 0.203. The number of amides is 1. The Kier molecular flexibility index (Phi) is 4.19. The summed E-state index contributed by atoms with van der Waals surface area (Å²) in [5, 5.41) is 12.1. The molecule has 4 heteroatoms. The van der Waals surface area contributed by atoms with Crippen molar-refractivity contribution in [3.63, 3.8) is 0 Å². The summed E-state index contributed by atoms with van der Waals surface area (Å²) in [6, 6.07) is 9.65. The van der Waals surface area contributed by atoms with E-state index in [1.165, 1.54) is 0 Å². The monoisotopic (exact) mass is 256 g/mol. The first-order valence-corrected chi connectivity index (χ1v) is 6.36. The third-order valence-corrected chi connectivity index (χ3v) is 2.90. The molecule has 1 heterocycles. The van der Waals surface area contributed by atoms with Crippen LogP contribution >= 0.6 is 0 Å². The van der Waals surface area contributed by atoms with Gasteiger partial charge in [-0.05, 0) is 38.0 Å². The molecule has 0 aliphatic heterocycles. The normalized spacial score (nSPS) is 10.3. The van der Waals surface area contributed by atoms with Crippen molar-refractivity contribution in [2.75, 3.05) is 6.54 Å². The summed E-state index contributed by atoms with van der Waals surface area (Å²) in [5.74, 6) is 0.131. The number of furan rings is 1. The number of fused-ring (bicyclic) bond motifs is 1. The molecule has 2 aromatic rings. The fourth-order valence-corrected chi connectivity index (χ4v) is 1.89. The van der Waals surface area contributed by atoms with E-state index in [4.69, 9.17) is 9.68 Å². The van der Waals surface area contributed by atoms with Crippen LogP contribution in [0.5, 0.6) is 0 Å². The molecule has 1 aromatic carbocycles. The van der Waals surface area contributed by atoms with Gasteiger partial charge in [-0.2, -0.15) is 5.26 Å². The Morgan fingerprint density at radius 2 is 2.21 bits per heavy atom. The number of unbranched alkanes of at least 4 members (excludes halogenated alkanes) is 2. The van der Waals surface area contributed by atoms with Gasteiger partial charge in [-0.3, -0.25) is 4.79 Å². The fraction of sp³-hybridized carbons (Fsp3) is 0.333. The zero-order valence-electron chi connectivity index (χ0n) is 10.9. The molecule has 0 fully saturated rings. The Morgan fingerprint density at radius 3 is 3.00 bits per heavy atom. The maximum atomic E-state index is 11.9. The lowest BCUT2D eigenvalue weighted by Gasteiger charge is -2.00. The maximum Gasteiger partial charge on any atom is 0.287 e. The standard InChI is InChI=1S/C15H16N2O2/c1-11-5-6-13-12(9-11)10-14(19-13)15(18)17-8-4-2-3-7-16/h5-6,9-10H,2-4,8H2,1H3,(H,17,18). The van der Waals surface area contributed by atoms with E-state index in [0.717, 1.165) is 29.4 Å². The molecule has 0 aliphatic carbocycles. The van der Waals surface area contributed by atoms with Crippen LogP contribution in [0.15, 0.2) is 28.7 Å². The number of nitrogens with one attached hydrogen (secondary N) is 1. The van der Waals surface area contributed by atoms with Crippen molar-refractivity contribution in [3.05, 3.63) is 35.6 Å². The molecule has 1 N–H and O–H groups in total. The van der Waals surface area contributed by atoms with Crippen LogP contribution in [0.25, 0.3) is 11.0 Å². The van der Waals surface area contributed by atoms with Crippen molar-refractivity contribution in [2.45, 2.75) is 26.2 Å². The Hall–Kier alpha value is -2.28. The third-order valence-electron chi connectivity index (χ3n) is 2.90. The number of rotatable bonds is 5. The molecule has 0 spiro atoms. The van der Waals surface area contributed by atoms with Crippen LogP contribution in [-0.2, 0) is 0 Å². The van der Waals surface area contributed by atoms with Gasteiger partial charge in [0.1, 0.15) is 5.58 Å². The summed E-state index contributed by atoms with van der Waals surface area (Å²) >= 11 is 0. The number of nitrogens with zero attached hydrogens (tertiary/aromatic N) is 1. The van der Waals surface area contributed by atoms with Gasteiger partial charge in [-0.1, -0.05) is 11.6 Å². The van der Waals surface area contributed by atoms with Gasteiger partial charge >= 0.3 is 0 Å². The van der Waals surface area contributed by atoms with E-state index in [1.54, 1.807) is 6.07 Å². The van der Waals surface area contributed by atoms with Gasteiger partial charge in [-0.15, -0.1) is 0 Å². The van der Waals surface area contributed by atoms with Crippen LogP contribution in [0.4, 0.5) is 0 Å². The highest BCUT2D eigenvalue weighted by atomic mass is 16.3. The van der Waals surface area contributed by atoms with Crippen LogP contribution in [-0.4, -0.2) is 12.5 Å². The first-order valence-electron chi connectivity index (χ1n) is 6.36. The van der Waals surface area contributed by atoms with E-state index in [0.29, 0.717) is 18.7 Å². The van der Waals surface area contributed by atoms with E-state index in [1.807, 2.05) is 25.1 Å². The molecule has 0 bridgehead atoms. The number of carbonyl (C=O) groups is 1. The van der Waals surface area contributed by atoms with Crippen molar-refractivity contribution < 1.29 is 9.21 Å². The molecule has 1 amide bonds. The summed E-state index contributed by atoms with van der Waals surface area (Å²) in [4.78, 5) is 11.9. The van der Waals surface area contributed by atoms with Crippen molar-refractivity contribution >= 4 is 16.9 Å². The zero-order valence-corrected chi connectivity index (χ0v) is 10.9. The smallest absolute Gasteiger partial charge is 0.287 e. The summed E-state index contributed by atoms with van der Waals surface area (Å²) in [6.45, 7) is 2.57. The summed E-state index contributed by atoms with van der Waals surface area (Å²) < 4.78 is 5.50. The second-order valence-corrected chi connectivity index (χ2v) is 4.52. The number of benzene rings is 1. The van der Waals surface area contributed by atoms with Crippen molar-refractivity contribution in [2.24, 2.45) is 0 Å². The SMILES string of the molecule is Cc1ccc2oc(C(=O)NCCCCC#N)cc2c1. The highest BCUT2D eigenvalue weighted by Gasteiger charge is 2.11. The molecule has 0 saturated carbocycles. The molecule has 0 radical (unpaired) electrons. The van der Waals surface area contributed by atoms with Gasteiger partial charge in [0.25, 0.3) is 5.91 Å². The van der Waals surface area contributed by atoms with Gasteiger partial charge in [0.15, 0.2) is 5.76 Å². The minimum atomic E-state index is -0.203. The molecule has 0 atom stereocenters. The highest BCUT2D eigenvalue weighted by molar-refractivity contribution is 5.96. The summed E-state index contributed by atoms with van der Waals surface area (Å²) in [5.41, 5.74) is 1.86. The van der Waals surface area contributed by atoms with Gasteiger partial charge in [0, 0.05) is 18.4 Å². The van der Waals surface area contributed by atoms with Crippen LogP contribution in [0.2, 0.25) is 0 Å². The van der Waals surface area contributed by atoms with Crippen LogP contribution < -0.4 is 5.32 Å². The van der Waals surface area contributed by atoms with Crippen molar-refractivity contribution in [1.82, 2.24) is 5.32 Å². The molecule has 4 nitrogen and oxygen atoms in total. The highest BCUT2D eigenvalue weighted by Crippen LogP contribution is 2.20. The lowest BCUT2D eigenvalue weighted by Crippen LogP contribution is -2.23. The minimum Gasteiger partial charge on any atom is -0.451 e. The average molecular weight is 256 g/mol. The van der Waals surface area contributed by atoms with E-state index in [-0.39, 0.29) is 5.91 Å². The largest absolute Gasteiger partial charge is 0.451 e. The number of hydrogen-bond donors (Lipinski definition) is 1. The lowest BCUT2D eigenvalue weighted by molar-refractivity contribution is 0.0927. The molecule has 2 rings (SSSR count). The fourth-order valence-electron chi connectivity index (χ4n) is 1.89. The molecular formula is C15H16N2O2. The topological polar surface area (TPSA) is 66.0 Å². The lowest BCUT2D eigenvalue weighted by atomic mass is 10.2. The van der Waals surface area contributed by atoms with E-state index < -0.39 is 0 Å². The van der Waals surface area contributed by atoms with Crippen molar-refractivity contribution in [1.29, 1.82) is 5.26 Å². The van der Waals surface area contributed by atoms with Gasteiger partial charge in [0.05, 0.1) is 6.07 Å². The first-order chi connectivity index (χ1) is 9.20. The van der Waals surface area contributed by atoms with Crippen molar-refractivity contribution in [3.8, 4) is 6.07 Å². The Balaban J connectivity index is 1.96. The first kappa shape index (κ1) is 13.2. The third kappa shape index (κ3) is 3.35. The quantitative estimate of drug-likeness (QED) is 0.835. The van der Waals surface area contributed by atoms with E-state index in [9.17, 15) is 4.79 Å². The van der Waals surface area contributed by atoms with Gasteiger partial charge in [-0.25, -0.2) is 0 Å². The van der Waals surface area contributed by atoms with Crippen LogP contribution in [0, 0.1) is 18.3 Å². The average Bonchev–Trinajstić information content (AvgIpc) is 2.81. The Morgan fingerprint density at radius 1 is 1.37 bits per heavy atom. The number of nitriles is 1. The molecule has 19 heavy (non-hydrogen) atoms. The molecule has 0 unspecified atom stereocenters. The summed E-state index contributed by atoms with van der Waals surface area (Å²) in [6.07, 6.45) is 2.13. The molecule has 0 aliphatic rings. The summed E-state index contributed by atoms with van der Waals surface area (Å²) in [7, 11) is 0. The Bertz CT molecular complexity index is 623. The van der Waals surface area contributed by atoms with Crippen LogP contribution in [0.3, 0.4) is 0 Å². The maximum absolute atomic E-state index is 11.9. The molecule has 0 saturated heterocycles. The predicted octanol–water partition coefficient (Wildman–Crippen LogP) is 3.16. The van der Waals surface area contributed by atoms with Gasteiger partial charge in [0.2, 0.25) is 0 Å². The predicted molar refractivity (Wildman–Crippen MR) is 72.7 cm³/mol. The van der Waals surface area contributed by atoms with E-state index >= 15 is 0 Å². The van der Waals surface area contributed by atoms with Crippen LogP contribution in [0.1, 0.15) is 35.4 Å². The second kappa shape index (κ2) is 6.05. The number of hydrogen-bond acceptors (Lipinski definition) is 3. The molecule has 1 aromatic heterocycles. The van der Waals surface area contributed by atoms with E-state index in [2.05, 4.69) is 11.4 Å². The second-order valence-electron chi connectivity index (χ2n) is 4.52. The molecule has 98 valence electrons. The number of carbonyl (C=O) groups excluding carboxylic acids is 1. The van der Waals surface area contributed by atoms with Gasteiger partial charge < -0.3 is 9.73 Å². The molecular weight excluding hydrogens is 240 g/mol.